The number of carbonyl (C=O) groups excluding carboxylic acids is 2. The van der Waals surface area contributed by atoms with Gasteiger partial charge in [0.25, 0.3) is 11.8 Å². The third-order valence-electron chi connectivity index (χ3n) is 7.64. The van der Waals surface area contributed by atoms with Crippen LogP contribution in [0.5, 0.6) is 0 Å². The zero-order chi connectivity index (χ0) is 29.7. The molecule has 1 N–H and O–H groups in total. The van der Waals surface area contributed by atoms with E-state index in [1.54, 1.807) is 0 Å². The number of anilines is 1. The Bertz CT molecular complexity index is 1550. The van der Waals surface area contributed by atoms with Crippen molar-refractivity contribution >= 4 is 38.2 Å². The van der Waals surface area contributed by atoms with Crippen molar-refractivity contribution in [3.63, 3.8) is 0 Å². The second-order valence-electron chi connectivity index (χ2n) is 10.5. The largest absolute Gasteiger partial charge is 0.339 e. The maximum absolute atomic E-state index is 13.7. The van der Waals surface area contributed by atoms with Gasteiger partial charge in [-0.15, -0.1) is 24.5 Å². The number of sulfonamides is 1. The number of hydrogen-bond acceptors (Lipinski definition) is 6. The fourth-order valence-electron chi connectivity index (χ4n) is 5.49. The van der Waals surface area contributed by atoms with Crippen molar-refractivity contribution < 1.29 is 18.0 Å². The van der Waals surface area contributed by atoms with Crippen LogP contribution in [-0.2, 0) is 29.5 Å². The first-order valence-electron chi connectivity index (χ1n) is 14.1. The zero-order valence-corrected chi connectivity index (χ0v) is 25.3. The van der Waals surface area contributed by atoms with Crippen molar-refractivity contribution in [3.8, 4) is 0 Å². The number of rotatable bonds is 11. The lowest BCUT2D eigenvalue weighted by atomic mass is 10.0. The SMILES string of the molecule is C=CCN(CC=C)S(=O)(=O)c1ccc(C(=O)Nc2sc3c(c2C(=O)N2CCCC2)CCN(Cc2ccccc2)C3)cc1. The Morgan fingerprint density at radius 2 is 1.62 bits per heavy atom. The molecule has 2 amide bonds. The lowest BCUT2D eigenvalue weighted by Gasteiger charge is -2.27. The average molecular weight is 605 g/mol. The molecule has 8 nitrogen and oxygen atoms in total. The minimum Gasteiger partial charge on any atom is -0.339 e. The Hall–Kier alpha value is -3.57. The van der Waals surface area contributed by atoms with E-state index in [1.807, 2.05) is 23.1 Å². The highest BCUT2D eigenvalue weighted by atomic mass is 32.2. The van der Waals surface area contributed by atoms with Crippen LogP contribution >= 0.6 is 11.3 Å². The molecule has 2 aromatic carbocycles. The molecule has 3 aromatic rings. The Balaban J connectivity index is 1.38. The average Bonchev–Trinajstić information content (AvgIpc) is 3.65. The van der Waals surface area contributed by atoms with Crippen LogP contribution in [-0.4, -0.2) is 67.1 Å². The molecule has 42 heavy (non-hydrogen) atoms. The molecule has 0 saturated carbocycles. The van der Waals surface area contributed by atoms with E-state index in [2.05, 4.69) is 35.5 Å². The van der Waals surface area contributed by atoms with Gasteiger partial charge >= 0.3 is 0 Å². The number of carbonyl (C=O) groups is 2. The lowest BCUT2D eigenvalue weighted by molar-refractivity contribution is 0.0792. The van der Waals surface area contributed by atoms with Crippen LogP contribution in [0.4, 0.5) is 5.00 Å². The molecule has 0 unspecified atom stereocenters. The first-order chi connectivity index (χ1) is 20.3. The fourth-order valence-corrected chi connectivity index (χ4v) is 8.15. The standard InChI is InChI=1S/C32H36N4O4S2/c1-3-17-36(18-4-2)42(39,40)26-14-12-25(13-15-26)30(37)33-31-29(32(38)35-19-8-9-20-35)27-16-21-34(23-28(27)41-31)22-24-10-6-5-7-11-24/h3-7,10-15H,1-2,8-9,16-23H2,(H,33,37). The van der Waals surface area contributed by atoms with Gasteiger partial charge in [0.15, 0.2) is 0 Å². The number of fused-ring (bicyclic) bond motifs is 1. The monoisotopic (exact) mass is 604 g/mol. The van der Waals surface area contributed by atoms with Crippen molar-refractivity contribution in [1.29, 1.82) is 0 Å². The summed E-state index contributed by atoms with van der Waals surface area (Å²) in [4.78, 5) is 32.5. The number of likely N-dealkylation sites (tertiary alicyclic amines) is 1. The molecule has 1 saturated heterocycles. The summed E-state index contributed by atoms with van der Waals surface area (Å²) in [6.45, 7) is 11.4. The summed E-state index contributed by atoms with van der Waals surface area (Å²) < 4.78 is 27.4. The van der Waals surface area contributed by atoms with E-state index in [0.29, 0.717) is 22.7 Å². The molecule has 0 atom stereocenters. The Kier molecular flexibility index (Phi) is 9.37. The molecule has 1 fully saturated rings. The molecule has 0 aliphatic carbocycles. The molecule has 2 aliphatic heterocycles. The Morgan fingerprint density at radius 3 is 2.26 bits per heavy atom. The van der Waals surface area contributed by atoms with Gasteiger partial charge in [-0.05, 0) is 54.7 Å². The number of benzene rings is 2. The van der Waals surface area contributed by atoms with Crippen LogP contribution in [0.3, 0.4) is 0 Å². The summed E-state index contributed by atoms with van der Waals surface area (Å²) in [6, 6.07) is 16.2. The van der Waals surface area contributed by atoms with Gasteiger partial charge in [0.1, 0.15) is 5.00 Å². The van der Waals surface area contributed by atoms with Crippen LogP contribution in [0.1, 0.15) is 49.6 Å². The number of nitrogens with one attached hydrogen (secondary N) is 1. The summed E-state index contributed by atoms with van der Waals surface area (Å²) in [5.74, 6) is -0.411. The van der Waals surface area contributed by atoms with E-state index >= 15 is 0 Å². The number of amides is 2. The summed E-state index contributed by atoms with van der Waals surface area (Å²) in [7, 11) is -3.78. The first-order valence-corrected chi connectivity index (χ1v) is 16.4. The first kappa shape index (κ1) is 29.9. The van der Waals surface area contributed by atoms with Gasteiger partial charge in [-0.1, -0.05) is 42.5 Å². The normalized spacial score (nSPS) is 15.4. The summed E-state index contributed by atoms with van der Waals surface area (Å²) >= 11 is 1.47. The minimum absolute atomic E-state index is 0.0252. The van der Waals surface area contributed by atoms with E-state index in [4.69, 9.17) is 0 Å². The fraction of sp³-hybridized carbons (Fsp3) is 0.312. The van der Waals surface area contributed by atoms with Crippen LogP contribution in [0.2, 0.25) is 0 Å². The van der Waals surface area contributed by atoms with Gasteiger partial charge < -0.3 is 10.2 Å². The highest BCUT2D eigenvalue weighted by molar-refractivity contribution is 7.89. The summed E-state index contributed by atoms with van der Waals surface area (Å²) in [5, 5.41) is 3.56. The van der Waals surface area contributed by atoms with E-state index in [0.717, 1.165) is 55.9 Å². The second kappa shape index (κ2) is 13.2. The number of thiophene rings is 1. The highest BCUT2D eigenvalue weighted by Crippen LogP contribution is 2.39. The molecule has 0 spiro atoms. The van der Waals surface area contributed by atoms with E-state index < -0.39 is 10.0 Å². The van der Waals surface area contributed by atoms with Gasteiger partial charge in [0.05, 0.1) is 10.5 Å². The van der Waals surface area contributed by atoms with Crippen LogP contribution in [0.25, 0.3) is 0 Å². The smallest absolute Gasteiger partial charge is 0.257 e. The van der Waals surface area contributed by atoms with Crippen LogP contribution < -0.4 is 5.32 Å². The molecular formula is C32H36N4O4S2. The molecule has 2 aliphatic rings. The molecule has 1 aromatic heterocycles. The van der Waals surface area contributed by atoms with Gasteiger partial charge in [0, 0.05) is 56.3 Å². The van der Waals surface area contributed by atoms with Crippen molar-refractivity contribution in [2.24, 2.45) is 0 Å². The molecule has 0 bridgehead atoms. The zero-order valence-electron chi connectivity index (χ0n) is 23.6. The number of nitrogens with zero attached hydrogens (tertiary/aromatic N) is 3. The predicted octanol–water partition coefficient (Wildman–Crippen LogP) is 5.16. The molecule has 0 radical (unpaired) electrons. The number of hydrogen-bond donors (Lipinski definition) is 1. The molecular weight excluding hydrogens is 569 g/mol. The van der Waals surface area contributed by atoms with E-state index in [-0.39, 0.29) is 29.8 Å². The summed E-state index contributed by atoms with van der Waals surface area (Å²) in [6.07, 6.45) is 5.74. The highest BCUT2D eigenvalue weighted by Gasteiger charge is 2.32. The Morgan fingerprint density at radius 1 is 0.952 bits per heavy atom. The van der Waals surface area contributed by atoms with Gasteiger partial charge in [-0.3, -0.25) is 14.5 Å². The van der Waals surface area contributed by atoms with Crippen molar-refractivity contribution in [3.05, 3.63) is 107 Å². The third kappa shape index (κ3) is 6.42. The predicted molar refractivity (Wildman–Crippen MR) is 167 cm³/mol. The summed E-state index contributed by atoms with van der Waals surface area (Å²) in [5.41, 5.74) is 3.18. The maximum Gasteiger partial charge on any atom is 0.257 e. The quantitative estimate of drug-likeness (QED) is 0.306. The van der Waals surface area contributed by atoms with E-state index in [1.165, 1.54) is 57.6 Å². The third-order valence-corrected chi connectivity index (χ3v) is 10.6. The van der Waals surface area contributed by atoms with E-state index in [9.17, 15) is 18.0 Å². The topological polar surface area (TPSA) is 90.0 Å². The van der Waals surface area contributed by atoms with Crippen LogP contribution in [0, 0.1) is 0 Å². The molecule has 5 rings (SSSR count). The van der Waals surface area contributed by atoms with Crippen molar-refractivity contribution in [1.82, 2.24) is 14.1 Å². The molecule has 10 heteroatoms. The van der Waals surface area contributed by atoms with Gasteiger partial charge in [0.2, 0.25) is 10.0 Å². The molecule has 3 heterocycles. The lowest BCUT2D eigenvalue weighted by Crippen LogP contribution is -2.32. The van der Waals surface area contributed by atoms with Crippen molar-refractivity contribution in [2.45, 2.75) is 37.2 Å². The second-order valence-corrected chi connectivity index (χ2v) is 13.6. The van der Waals surface area contributed by atoms with Gasteiger partial charge in [-0.2, -0.15) is 4.31 Å². The van der Waals surface area contributed by atoms with Crippen LogP contribution in [0.15, 0.2) is 84.8 Å². The van der Waals surface area contributed by atoms with Crippen molar-refractivity contribution in [2.75, 3.05) is 38.0 Å². The maximum atomic E-state index is 13.7. The Labute approximate surface area is 252 Å². The van der Waals surface area contributed by atoms with Gasteiger partial charge in [-0.25, -0.2) is 8.42 Å². The molecule has 220 valence electrons. The minimum atomic E-state index is -3.78.